The summed E-state index contributed by atoms with van der Waals surface area (Å²) in [5.41, 5.74) is -1.92. The Labute approximate surface area is 192 Å². The number of aliphatic hydroxyl groups is 1. The summed E-state index contributed by atoms with van der Waals surface area (Å²) >= 11 is 6.27. The zero-order valence-electron chi connectivity index (χ0n) is 17.7. The molecule has 4 rings (SSSR count). The van der Waals surface area contributed by atoms with E-state index in [1.54, 1.807) is 24.3 Å². The third-order valence-corrected chi connectivity index (χ3v) is 6.09. The van der Waals surface area contributed by atoms with Crippen molar-refractivity contribution in [2.24, 2.45) is 0 Å². The summed E-state index contributed by atoms with van der Waals surface area (Å²) in [6.45, 7) is 0.0172. The zero-order chi connectivity index (χ0) is 24.0. The number of aromatic amines is 1. The molecule has 0 atom stereocenters. The summed E-state index contributed by atoms with van der Waals surface area (Å²) in [5, 5.41) is 14.6. The molecular weight excluding hydrogens is 463 g/mol. The van der Waals surface area contributed by atoms with Crippen LogP contribution in [-0.4, -0.2) is 52.3 Å². The second-order valence-electron chi connectivity index (χ2n) is 7.99. The van der Waals surface area contributed by atoms with E-state index < -0.39 is 29.5 Å². The van der Waals surface area contributed by atoms with Crippen molar-refractivity contribution in [3.8, 4) is 22.4 Å². The van der Waals surface area contributed by atoms with E-state index in [0.717, 1.165) is 18.0 Å². The van der Waals surface area contributed by atoms with Gasteiger partial charge in [0.25, 0.3) is 0 Å². The Kier molecular flexibility index (Phi) is 6.02. The van der Waals surface area contributed by atoms with Crippen LogP contribution in [0, 0.1) is 0 Å². The number of esters is 1. The van der Waals surface area contributed by atoms with Crippen molar-refractivity contribution in [1.82, 2.24) is 14.8 Å². The van der Waals surface area contributed by atoms with Crippen LogP contribution in [0.25, 0.3) is 22.4 Å². The monoisotopic (exact) mass is 483 g/mol. The Bertz CT molecular complexity index is 1180. The van der Waals surface area contributed by atoms with Crippen LogP contribution in [0.5, 0.6) is 0 Å². The van der Waals surface area contributed by atoms with Crippen molar-refractivity contribution in [2.75, 3.05) is 20.8 Å². The number of nitrogens with one attached hydrogen (secondary N) is 1. The minimum absolute atomic E-state index is 0.0172. The molecule has 1 fully saturated rings. The van der Waals surface area contributed by atoms with Crippen LogP contribution in [0.3, 0.4) is 0 Å². The van der Waals surface area contributed by atoms with Gasteiger partial charge in [-0.2, -0.15) is 18.3 Å². The minimum atomic E-state index is -4.77. The lowest BCUT2D eigenvalue weighted by Crippen LogP contribution is -2.49. The average molecular weight is 484 g/mol. The zero-order valence-corrected chi connectivity index (χ0v) is 18.5. The van der Waals surface area contributed by atoms with Crippen LogP contribution >= 0.6 is 11.6 Å². The van der Waals surface area contributed by atoms with Gasteiger partial charge in [0.1, 0.15) is 0 Å². The third kappa shape index (κ3) is 4.14. The van der Waals surface area contributed by atoms with Gasteiger partial charge in [-0.1, -0.05) is 29.8 Å². The largest absolute Gasteiger partial charge is 0.465 e. The molecule has 176 valence electrons. The first-order chi connectivity index (χ1) is 15.6. The number of carbonyl (C=O) groups excluding carboxylic acids is 1. The molecule has 0 radical (unpaired) electrons. The SMILES string of the molecule is COCC1(O)CC(n2ncc(-c3[nH]cc(-c4ccccc4Cl)c3C(=O)OC)c2C(F)(F)F)C1. The number of hydrogen-bond acceptors (Lipinski definition) is 5. The van der Waals surface area contributed by atoms with Crippen molar-refractivity contribution >= 4 is 17.6 Å². The van der Waals surface area contributed by atoms with Gasteiger partial charge in [0.15, 0.2) is 5.69 Å². The number of methoxy groups -OCH3 is 2. The molecule has 7 nitrogen and oxygen atoms in total. The molecule has 2 heterocycles. The predicted octanol–water partition coefficient (Wildman–Crippen LogP) is 4.72. The van der Waals surface area contributed by atoms with Crippen LogP contribution in [0.15, 0.2) is 36.7 Å². The molecule has 33 heavy (non-hydrogen) atoms. The molecule has 0 saturated heterocycles. The van der Waals surface area contributed by atoms with E-state index in [9.17, 15) is 23.1 Å². The molecule has 3 aromatic rings. The number of rotatable bonds is 6. The lowest BCUT2D eigenvalue weighted by Gasteiger charge is -2.43. The average Bonchev–Trinajstić information content (AvgIpc) is 3.36. The van der Waals surface area contributed by atoms with Gasteiger partial charge in [0, 0.05) is 47.9 Å². The Morgan fingerprint density at radius 1 is 1.27 bits per heavy atom. The molecule has 1 aliphatic rings. The quantitative estimate of drug-likeness (QED) is 0.495. The Balaban J connectivity index is 1.84. The summed E-state index contributed by atoms with van der Waals surface area (Å²) in [6, 6.07) is 6.00. The molecule has 1 aliphatic carbocycles. The van der Waals surface area contributed by atoms with Crippen molar-refractivity contribution in [3.63, 3.8) is 0 Å². The Morgan fingerprint density at radius 2 is 1.97 bits per heavy atom. The van der Waals surface area contributed by atoms with E-state index in [1.165, 1.54) is 13.3 Å². The summed E-state index contributed by atoms with van der Waals surface area (Å²) in [7, 11) is 2.56. The number of hydrogen-bond donors (Lipinski definition) is 2. The number of aromatic nitrogens is 3. The summed E-state index contributed by atoms with van der Waals surface area (Å²) < 4.78 is 53.3. The predicted molar refractivity (Wildman–Crippen MR) is 114 cm³/mol. The number of benzene rings is 1. The van der Waals surface area contributed by atoms with Gasteiger partial charge in [0.05, 0.1) is 42.8 Å². The van der Waals surface area contributed by atoms with Crippen molar-refractivity contribution in [2.45, 2.75) is 30.7 Å². The van der Waals surface area contributed by atoms with Crippen LogP contribution in [0.1, 0.15) is 34.9 Å². The topological polar surface area (TPSA) is 89.4 Å². The summed E-state index contributed by atoms with van der Waals surface area (Å²) in [4.78, 5) is 15.4. The fraction of sp³-hybridized carbons (Fsp3) is 0.364. The van der Waals surface area contributed by atoms with Crippen LogP contribution < -0.4 is 0 Å². The summed E-state index contributed by atoms with van der Waals surface area (Å²) in [6.07, 6.45) is -2.18. The van der Waals surface area contributed by atoms with E-state index in [4.69, 9.17) is 21.1 Å². The molecule has 1 saturated carbocycles. The fourth-order valence-electron chi connectivity index (χ4n) is 4.32. The molecule has 0 amide bonds. The van der Waals surface area contributed by atoms with Gasteiger partial charge in [-0.3, -0.25) is 4.68 Å². The molecule has 0 bridgehead atoms. The number of halogens is 4. The van der Waals surface area contributed by atoms with Gasteiger partial charge < -0.3 is 19.6 Å². The summed E-state index contributed by atoms with van der Waals surface area (Å²) in [5.74, 6) is -0.819. The Hall–Kier alpha value is -2.82. The van der Waals surface area contributed by atoms with E-state index in [-0.39, 0.29) is 36.3 Å². The highest BCUT2D eigenvalue weighted by Crippen LogP contribution is 2.47. The smallest absolute Gasteiger partial charge is 0.433 e. The lowest BCUT2D eigenvalue weighted by atomic mass is 9.76. The highest BCUT2D eigenvalue weighted by molar-refractivity contribution is 6.33. The number of alkyl halides is 3. The van der Waals surface area contributed by atoms with Crippen LogP contribution in [-0.2, 0) is 15.7 Å². The van der Waals surface area contributed by atoms with Gasteiger partial charge in [-0.15, -0.1) is 0 Å². The highest BCUT2D eigenvalue weighted by atomic mass is 35.5. The fourth-order valence-corrected chi connectivity index (χ4v) is 4.56. The molecule has 0 spiro atoms. The molecule has 11 heteroatoms. The first-order valence-corrected chi connectivity index (χ1v) is 10.4. The molecule has 0 aliphatic heterocycles. The number of carbonyl (C=O) groups is 1. The van der Waals surface area contributed by atoms with Gasteiger partial charge in [0.2, 0.25) is 0 Å². The molecule has 2 N–H and O–H groups in total. The normalized spacial score (nSPS) is 20.5. The second-order valence-corrected chi connectivity index (χ2v) is 8.40. The van der Waals surface area contributed by atoms with Crippen molar-refractivity contribution in [1.29, 1.82) is 0 Å². The van der Waals surface area contributed by atoms with Crippen LogP contribution in [0.2, 0.25) is 5.02 Å². The maximum absolute atomic E-state index is 14.2. The molecule has 0 unspecified atom stereocenters. The van der Waals surface area contributed by atoms with E-state index in [1.807, 2.05) is 0 Å². The van der Waals surface area contributed by atoms with Crippen molar-refractivity contribution in [3.05, 3.63) is 52.9 Å². The van der Waals surface area contributed by atoms with E-state index in [0.29, 0.717) is 16.1 Å². The van der Waals surface area contributed by atoms with Crippen LogP contribution in [0.4, 0.5) is 13.2 Å². The standard InChI is InChI=1S/C22H21ClF3N3O4/c1-32-11-21(31)7-12(8-21)29-19(22(24,25)26)15(10-28-29)18-17(20(30)33-2)14(9-27-18)13-5-3-4-6-16(13)23/h3-6,9-10,12,27,31H,7-8,11H2,1-2H3. The van der Waals surface area contributed by atoms with E-state index in [2.05, 4.69) is 10.1 Å². The second kappa shape index (κ2) is 8.51. The first kappa shape index (κ1) is 23.3. The number of H-pyrrole nitrogens is 1. The highest BCUT2D eigenvalue weighted by Gasteiger charge is 2.49. The van der Waals surface area contributed by atoms with Gasteiger partial charge in [-0.25, -0.2) is 4.79 Å². The Morgan fingerprint density at radius 3 is 2.58 bits per heavy atom. The van der Waals surface area contributed by atoms with Gasteiger partial charge >= 0.3 is 12.1 Å². The maximum Gasteiger partial charge on any atom is 0.433 e. The van der Waals surface area contributed by atoms with E-state index >= 15 is 0 Å². The maximum atomic E-state index is 14.2. The minimum Gasteiger partial charge on any atom is -0.465 e. The van der Waals surface area contributed by atoms with Crippen molar-refractivity contribution < 1.29 is 32.5 Å². The third-order valence-electron chi connectivity index (χ3n) is 5.76. The van der Waals surface area contributed by atoms with Gasteiger partial charge in [-0.05, 0) is 6.07 Å². The molecular formula is C22H21ClF3N3O4. The lowest BCUT2D eigenvalue weighted by molar-refractivity contribution is -0.153. The number of ether oxygens (including phenoxy) is 2. The first-order valence-electron chi connectivity index (χ1n) is 10.0. The molecule has 2 aromatic heterocycles. The molecule has 1 aromatic carbocycles. The number of nitrogens with zero attached hydrogens (tertiary/aromatic N) is 2.